The van der Waals surface area contributed by atoms with Gasteiger partial charge in [0.05, 0.1) is 0 Å². The molecule has 0 N–H and O–H groups in total. The van der Waals surface area contributed by atoms with Crippen LogP contribution in [0.25, 0.3) is 0 Å². The normalized spacial score (nSPS) is 35.6. The second-order valence-corrected chi connectivity index (χ2v) is 4.95. The third-order valence-corrected chi connectivity index (χ3v) is 4.32. The van der Waals surface area contributed by atoms with Crippen LogP contribution >= 0.6 is 0 Å². The van der Waals surface area contributed by atoms with Gasteiger partial charge in [0.2, 0.25) is 0 Å². The summed E-state index contributed by atoms with van der Waals surface area (Å²) in [4.78, 5) is 0. The molecule has 0 aromatic rings. The van der Waals surface area contributed by atoms with Gasteiger partial charge in [-0.25, -0.2) is 0 Å². The van der Waals surface area contributed by atoms with Crippen molar-refractivity contribution < 1.29 is 0 Å². The van der Waals surface area contributed by atoms with Gasteiger partial charge in [-0.3, -0.25) is 0 Å². The molecule has 0 bridgehead atoms. The summed E-state index contributed by atoms with van der Waals surface area (Å²) in [6, 6.07) is 0. The third kappa shape index (κ3) is 4.17. The van der Waals surface area contributed by atoms with Crippen LogP contribution in [0, 0.1) is 23.7 Å². The van der Waals surface area contributed by atoms with Gasteiger partial charge in [-0.05, 0) is 36.5 Å². The van der Waals surface area contributed by atoms with Gasteiger partial charge in [0.1, 0.15) is 0 Å². The minimum atomic E-state index is 0.984. The van der Waals surface area contributed by atoms with E-state index in [4.69, 9.17) is 0 Å². The van der Waals surface area contributed by atoms with Crippen molar-refractivity contribution in [1.82, 2.24) is 0 Å². The van der Waals surface area contributed by atoms with E-state index in [-0.39, 0.29) is 0 Å². The molecule has 15 heavy (non-hydrogen) atoms. The van der Waals surface area contributed by atoms with E-state index < -0.39 is 0 Å². The van der Waals surface area contributed by atoms with Crippen molar-refractivity contribution in [3.63, 3.8) is 0 Å². The Morgan fingerprint density at radius 2 is 1.13 bits per heavy atom. The first kappa shape index (κ1) is 15.0. The summed E-state index contributed by atoms with van der Waals surface area (Å²) in [6.07, 6.45) is 7.20. The lowest BCUT2D eigenvalue weighted by atomic mass is 9.66. The molecule has 1 aliphatic rings. The fourth-order valence-corrected chi connectivity index (χ4v) is 3.25. The highest BCUT2D eigenvalue weighted by Gasteiger charge is 2.31. The molecule has 1 rings (SSSR count). The Bertz CT molecular complexity index is 139. The molecule has 92 valence electrons. The number of rotatable bonds is 3. The van der Waals surface area contributed by atoms with Crippen LogP contribution in [0.4, 0.5) is 0 Å². The van der Waals surface area contributed by atoms with Crippen LogP contribution in [0.5, 0.6) is 0 Å². The predicted molar refractivity (Wildman–Crippen MR) is 71.1 cm³/mol. The van der Waals surface area contributed by atoms with E-state index in [0.717, 1.165) is 23.7 Å². The van der Waals surface area contributed by atoms with Crippen molar-refractivity contribution in [2.75, 3.05) is 0 Å². The standard InChI is InChI=1S/C13H26.C2H6/c1-5-11-9-13(7-3)12(6-2)8-10(11)4;1-2/h10-13H,5-9H2,1-4H3;1-2H3. The van der Waals surface area contributed by atoms with Crippen molar-refractivity contribution in [3.05, 3.63) is 0 Å². The lowest BCUT2D eigenvalue weighted by Crippen LogP contribution is -2.29. The summed E-state index contributed by atoms with van der Waals surface area (Å²) in [5.74, 6) is 4.07. The zero-order valence-electron chi connectivity index (χ0n) is 11.8. The Morgan fingerprint density at radius 3 is 1.53 bits per heavy atom. The van der Waals surface area contributed by atoms with Crippen LogP contribution in [0.1, 0.15) is 73.6 Å². The third-order valence-electron chi connectivity index (χ3n) is 4.32. The molecule has 0 radical (unpaired) electrons. The van der Waals surface area contributed by atoms with Crippen LogP contribution in [-0.2, 0) is 0 Å². The maximum Gasteiger partial charge on any atom is -0.0386 e. The van der Waals surface area contributed by atoms with Crippen LogP contribution in [0.3, 0.4) is 0 Å². The van der Waals surface area contributed by atoms with Gasteiger partial charge < -0.3 is 0 Å². The van der Waals surface area contributed by atoms with Gasteiger partial charge in [-0.2, -0.15) is 0 Å². The summed E-state index contributed by atoms with van der Waals surface area (Å²) in [6.45, 7) is 13.6. The zero-order chi connectivity index (χ0) is 11.8. The highest BCUT2D eigenvalue weighted by molar-refractivity contribution is 4.82. The SMILES string of the molecule is CC.CCC1CC(CC)C(CC)CC1C. The monoisotopic (exact) mass is 212 g/mol. The molecule has 4 unspecified atom stereocenters. The molecule has 0 amide bonds. The molecular weight excluding hydrogens is 180 g/mol. The van der Waals surface area contributed by atoms with E-state index in [9.17, 15) is 0 Å². The lowest BCUT2D eigenvalue weighted by molar-refractivity contribution is 0.113. The van der Waals surface area contributed by atoms with E-state index >= 15 is 0 Å². The minimum Gasteiger partial charge on any atom is -0.0683 e. The van der Waals surface area contributed by atoms with Crippen LogP contribution in [0.15, 0.2) is 0 Å². The van der Waals surface area contributed by atoms with Crippen molar-refractivity contribution in [3.8, 4) is 0 Å². The van der Waals surface area contributed by atoms with Gasteiger partial charge in [0.15, 0.2) is 0 Å². The van der Waals surface area contributed by atoms with E-state index in [1.807, 2.05) is 13.8 Å². The van der Waals surface area contributed by atoms with Crippen molar-refractivity contribution in [1.29, 1.82) is 0 Å². The maximum absolute atomic E-state index is 2.46. The summed E-state index contributed by atoms with van der Waals surface area (Å²) >= 11 is 0. The summed E-state index contributed by atoms with van der Waals surface area (Å²) in [7, 11) is 0. The van der Waals surface area contributed by atoms with E-state index in [1.165, 1.54) is 32.1 Å². The Kier molecular flexibility index (Phi) is 8.19. The van der Waals surface area contributed by atoms with E-state index in [2.05, 4.69) is 27.7 Å². The first-order chi connectivity index (χ1) is 7.22. The van der Waals surface area contributed by atoms with E-state index in [1.54, 1.807) is 0 Å². The molecule has 0 spiro atoms. The molecule has 0 heteroatoms. The van der Waals surface area contributed by atoms with Gasteiger partial charge >= 0.3 is 0 Å². The highest BCUT2D eigenvalue weighted by atomic mass is 14.4. The molecule has 1 fully saturated rings. The quantitative estimate of drug-likeness (QED) is 0.577. The Hall–Kier alpha value is 0. The Morgan fingerprint density at radius 1 is 0.733 bits per heavy atom. The van der Waals surface area contributed by atoms with Gasteiger partial charge in [0, 0.05) is 0 Å². The summed E-state index contributed by atoms with van der Waals surface area (Å²) in [5.41, 5.74) is 0. The van der Waals surface area contributed by atoms with Crippen molar-refractivity contribution in [2.24, 2.45) is 23.7 Å². The van der Waals surface area contributed by atoms with Crippen molar-refractivity contribution >= 4 is 0 Å². The molecule has 1 saturated carbocycles. The minimum absolute atomic E-state index is 0.984. The molecular formula is C15H32. The van der Waals surface area contributed by atoms with Gasteiger partial charge in [-0.15, -0.1) is 0 Å². The molecule has 0 heterocycles. The zero-order valence-corrected chi connectivity index (χ0v) is 11.8. The smallest absolute Gasteiger partial charge is 0.0386 e. The Balaban J connectivity index is 0.000000921. The first-order valence-corrected chi connectivity index (χ1v) is 7.22. The summed E-state index contributed by atoms with van der Waals surface area (Å²) < 4.78 is 0. The second-order valence-electron chi connectivity index (χ2n) is 4.95. The predicted octanol–water partition coefficient (Wildman–Crippen LogP) is 5.52. The highest BCUT2D eigenvalue weighted by Crippen LogP contribution is 2.41. The van der Waals surface area contributed by atoms with Gasteiger partial charge in [-0.1, -0.05) is 60.8 Å². The fourth-order valence-electron chi connectivity index (χ4n) is 3.25. The average Bonchev–Trinajstić information content (AvgIpc) is 2.31. The number of hydrogen-bond acceptors (Lipinski definition) is 0. The maximum atomic E-state index is 2.46. The fraction of sp³-hybridized carbons (Fsp3) is 1.00. The number of hydrogen-bond donors (Lipinski definition) is 0. The van der Waals surface area contributed by atoms with E-state index in [0.29, 0.717) is 0 Å². The topological polar surface area (TPSA) is 0 Å². The largest absolute Gasteiger partial charge is 0.0683 e. The van der Waals surface area contributed by atoms with Crippen molar-refractivity contribution in [2.45, 2.75) is 73.6 Å². The van der Waals surface area contributed by atoms with Crippen LogP contribution in [0.2, 0.25) is 0 Å². The summed E-state index contributed by atoms with van der Waals surface area (Å²) in [5, 5.41) is 0. The second kappa shape index (κ2) is 8.19. The molecule has 0 aromatic heterocycles. The molecule has 0 nitrogen and oxygen atoms in total. The van der Waals surface area contributed by atoms with Crippen LogP contribution < -0.4 is 0 Å². The Labute approximate surface area is 97.8 Å². The molecule has 1 aliphatic carbocycles. The van der Waals surface area contributed by atoms with Crippen LogP contribution in [-0.4, -0.2) is 0 Å². The molecule has 4 atom stereocenters. The first-order valence-electron chi connectivity index (χ1n) is 7.22. The average molecular weight is 212 g/mol. The van der Waals surface area contributed by atoms with Gasteiger partial charge in [0.25, 0.3) is 0 Å². The molecule has 0 saturated heterocycles. The lowest BCUT2D eigenvalue weighted by Gasteiger charge is -2.39. The molecule has 0 aromatic carbocycles. The molecule has 0 aliphatic heterocycles.